The average molecular weight is 312 g/mol. The topological polar surface area (TPSA) is 75.7 Å². The zero-order chi connectivity index (χ0) is 16.5. The van der Waals surface area contributed by atoms with Crippen molar-refractivity contribution in [3.8, 4) is 0 Å². The third-order valence-corrected chi connectivity index (χ3v) is 3.46. The van der Waals surface area contributed by atoms with Crippen LogP contribution in [0.25, 0.3) is 0 Å². The molecule has 0 aliphatic carbocycles. The number of esters is 1. The molecule has 6 nitrogen and oxygen atoms in total. The van der Waals surface area contributed by atoms with Crippen molar-refractivity contribution in [2.45, 2.75) is 19.4 Å². The van der Waals surface area contributed by atoms with Crippen molar-refractivity contribution in [1.82, 2.24) is 10.2 Å². The molecule has 1 aliphatic rings. The van der Waals surface area contributed by atoms with Crippen molar-refractivity contribution in [2.24, 2.45) is 0 Å². The van der Waals surface area contributed by atoms with Crippen LogP contribution < -0.4 is 5.32 Å². The van der Waals surface area contributed by atoms with Crippen LogP contribution in [0.2, 0.25) is 0 Å². The summed E-state index contributed by atoms with van der Waals surface area (Å²) < 4.78 is 31.6. The van der Waals surface area contributed by atoms with Crippen LogP contribution in [0.15, 0.2) is 18.2 Å². The lowest BCUT2D eigenvalue weighted by Gasteiger charge is -2.31. The van der Waals surface area contributed by atoms with Gasteiger partial charge in [-0.3, -0.25) is 19.8 Å². The highest BCUT2D eigenvalue weighted by molar-refractivity contribution is 6.08. The molecular formula is C14H14F2N2O4. The summed E-state index contributed by atoms with van der Waals surface area (Å²) in [5.41, 5.74) is -1.77. The normalized spacial score (nSPS) is 21.0. The average Bonchev–Trinajstić information content (AvgIpc) is 2.62. The number of amides is 3. The van der Waals surface area contributed by atoms with E-state index in [-0.39, 0.29) is 12.2 Å². The van der Waals surface area contributed by atoms with E-state index in [1.165, 1.54) is 6.92 Å². The maximum Gasteiger partial charge on any atom is 0.325 e. The molecule has 118 valence electrons. The van der Waals surface area contributed by atoms with E-state index in [1.54, 1.807) is 6.92 Å². The van der Waals surface area contributed by atoms with Gasteiger partial charge in [-0.05, 0) is 31.5 Å². The van der Waals surface area contributed by atoms with Gasteiger partial charge in [0.15, 0.2) is 0 Å². The molecule has 1 N–H and O–H groups in total. The molecule has 3 amide bonds. The molecule has 8 heteroatoms. The van der Waals surface area contributed by atoms with Gasteiger partial charge in [0.05, 0.1) is 6.61 Å². The number of carbonyl (C=O) groups is 3. The molecule has 22 heavy (non-hydrogen) atoms. The highest BCUT2D eigenvalue weighted by Crippen LogP contribution is 2.33. The molecular weight excluding hydrogens is 298 g/mol. The second kappa shape index (κ2) is 5.70. The highest BCUT2D eigenvalue weighted by Gasteiger charge is 2.51. The minimum Gasteiger partial charge on any atom is -0.465 e. The Labute approximate surface area is 125 Å². The minimum absolute atomic E-state index is 0.0716. The molecule has 0 aromatic heterocycles. The number of rotatable bonds is 4. The Kier molecular flexibility index (Phi) is 4.11. The molecule has 0 radical (unpaired) electrons. The minimum atomic E-state index is -1.70. The van der Waals surface area contributed by atoms with Crippen molar-refractivity contribution >= 4 is 17.9 Å². The van der Waals surface area contributed by atoms with E-state index in [0.29, 0.717) is 6.07 Å². The molecule has 1 aromatic rings. The smallest absolute Gasteiger partial charge is 0.325 e. The van der Waals surface area contributed by atoms with Gasteiger partial charge in [-0.2, -0.15) is 0 Å². The molecule has 1 atom stereocenters. The first-order chi connectivity index (χ1) is 10.3. The molecule has 1 aromatic carbocycles. The standard InChI is InChI=1S/C14H14F2N2O4/c1-3-22-11(19)7-18-13(21)17-12(20)14(18,2)8-4-9(15)6-10(16)5-8/h4-6H,3,7H2,1-2H3,(H,17,20,21). The summed E-state index contributed by atoms with van der Waals surface area (Å²) in [4.78, 5) is 36.5. The molecule has 1 unspecified atom stereocenters. The van der Waals surface area contributed by atoms with Crippen LogP contribution in [-0.2, 0) is 19.9 Å². The number of ether oxygens (including phenoxy) is 1. The van der Waals surface area contributed by atoms with Crippen LogP contribution in [0.5, 0.6) is 0 Å². The third-order valence-electron chi connectivity index (χ3n) is 3.46. The Morgan fingerprint density at radius 3 is 2.41 bits per heavy atom. The maximum absolute atomic E-state index is 13.4. The van der Waals surface area contributed by atoms with Gasteiger partial charge < -0.3 is 4.74 Å². The van der Waals surface area contributed by atoms with Crippen molar-refractivity contribution < 1.29 is 27.9 Å². The summed E-state index contributed by atoms with van der Waals surface area (Å²) in [6.07, 6.45) is 0. The maximum atomic E-state index is 13.4. The summed E-state index contributed by atoms with van der Waals surface area (Å²) in [6, 6.07) is 1.71. The SMILES string of the molecule is CCOC(=O)CN1C(=O)NC(=O)C1(C)c1cc(F)cc(F)c1. The zero-order valence-electron chi connectivity index (χ0n) is 12.0. The summed E-state index contributed by atoms with van der Waals surface area (Å²) in [5, 5.41) is 2.04. The van der Waals surface area contributed by atoms with Crippen molar-refractivity contribution in [1.29, 1.82) is 0 Å². The van der Waals surface area contributed by atoms with E-state index in [9.17, 15) is 23.2 Å². The zero-order valence-corrected chi connectivity index (χ0v) is 12.0. The lowest BCUT2D eigenvalue weighted by molar-refractivity contribution is -0.145. The molecule has 2 rings (SSSR count). The van der Waals surface area contributed by atoms with Gasteiger partial charge in [0, 0.05) is 6.07 Å². The fourth-order valence-corrected chi connectivity index (χ4v) is 2.30. The van der Waals surface area contributed by atoms with Crippen LogP contribution in [0.3, 0.4) is 0 Å². The lowest BCUT2D eigenvalue weighted by atomic mass is 9.90. The number of nitrogens with zero attached hydrogens (tertiary/aromatic N) is 1. The van der Waals surface area contributed by atoms with E-state index in [2.05, 4.69) is 0 Å². The third kappa shape index (κ3) is 2.63. The Bertz CT molecular complexity index is 629. The summed E-state index contributed by atoms with van der Waals surface area (Å²) in [6.45, 7) is 2.49. The summed E-state index contributed by atoms with van der Waals surface area (Å²) >= 11 is 0. The van der Waals surface area contributed by atoms with Gasteiger partial charge >= 0.3 is 12.0 Å². The first-order valence-corrected chi connectivity index (χ1v) is 6.54. The van der Waals surface area contributed by atoms with Crippen LogP contribution in [0, 0.1) is 11.6 Å². The first kappa shape index (κ1) is 15.9. The van der Waals surface area contributed by atoms with Gasteiger partial charge in [0.2, 0.25) is 0 Å². The number of benzene rings is 1. The number of imide groups is 1. The Balaban J connectivity index is 2.44. The number of carbonyl (C=O) groups excluding carboxylic acids is 3. The molecule has 0 saturated carbocycles. The fourth-order valence-electron chi connectivity index (χ4n) is 2.30. The van der Waals surface area contributed by atoms with Crippen molar-refractivity contribution in [3.05, 3.63) is 35.4 Å². The number of urea groups is 1. The van der Waals surface area contributed by atoms with Crippen molar-refractivity contribution in [2.75, 3.05) is 13.2 Å². The summed E-state index contributed by atoms with van der Waals surface area (Å²) in [5.74, 6) is -3.28. The van der Waals surface area contributed by atoms with E-state index < -0.39 is 41.6 Å². The monoisotopic (exact) mass is 312 g/mol. The number of nitrogens with one attached hydrogen (secondary N) is 1. The Morgan fingerprint density at radius 1 is 1.27 bits per heavy atom. The van der Waals surface area contributed by atoms with Crippen LogP contribution in [0.4, 0.5) is 13.6 Å². The molecule has 1 fully saturated rings. The molecule has 1 saturated heterocycles. The fraction of sp³-hybridized carbons (Fsp3) is 0.357. The molecule has 0 spiro atoms. The van der Waals surface area contributed by atoms with Crippen LogP contribution in [0.1, 0.15) is 19.4 Å². The van der Waals surface area contributed by atoms with E-state index >= 15 is 0 Å². The van der Waals surface area contributed by atoms with E-state index in [1.807, 2.05) is 5.32 Å². The largest absolute Gasteiger partial charge is 0.465 e. The van der Waals surface area contributed by atoms with Gasteiger partial charge in [0.1, 0.15) is 23.7 Å². The second-order valence-corrected chi connectivity index (χ2v) is 4.88. The van der Waals surface area contributed by atoms with Crippen LogP contribution in [-0.4, -0.2) is 36.0 Å². The highest BCUT2D eigenvalue weighted by atomic mass is 19.1. The number of hydrogen-bond acceptors (Lipinski definition) is 4. The lowest BCUT2D eigenvalue weighted by Crippen LogP contribution is -2.47. The quantitative estimate of drug-likeness (QED) is 0.671. The Morgan fingerprint density at radius 2 is 1.86 bits per heavy atom. The molecule has 1 aliphatic heterocycles. The van der Waals surface area contributed by atoms with Crippen molar-refractivity contribution in [3.63, 3.8) is 0 Å². The first-order valence-electron chi connectivity index (χ1n) is 6.54. The Hall–Kier alpha value is -2.51. The van der Waals surface area contributed by atoms with E-state index in [0.717, 1.165) is 17.0 Å². The number of hydrogen-bond donors (Lipinski definition) is 1. The van der Waals surface area contributed by atoms with Gasteiger partial charge in [0.25, 0.3) is 5.91 Å². The van der Waals surface area contributed by atoms with Crippen LogP contribution >= 0.6 is 0 Å². The second-order valence-electron chi connectivity index (χ2n) is 4.88. The van der Waals surface area contributed by atoms with Gasteiger partial charge in [-0.25, -0.2) is 13.6 Å². The van der Waals surface area contributed by atoms with Gasteiger partial charge in [-0.15, -0.1) is 0 Å². The molecule has 0 bridgehead atoms. The van der Waals surface area contributed by atoms with E-state index in [4.69, 9.17) is 4.74 Å². The number of halogens is 2. The predicted octanol–water partition coefficient (Wildman–Crippen LogP) is 1.29. The summed E-state index contributed by atoms with van der Waals surface area (Å²) in [7, 11) is 0. The van der Waals surface area contributed by atoms with Gasteiger partial charge in [-0.1, -0.05) is 0 Å². The predicted molar refractivity (Wildman–Crippen MR) is 70.6 cm³/mol. The molecule has 1 heterocycles.